The smallest absolute Gasteiger partial charge is 0.166 e. The number of nitrogens with two attached hydrogens (primary N) is 1. The van der Waals surface area contributed by atoms with E-state index < -0.39 is 5.82 Å². The van der Waals surface area contributed by atoms with Gasteiger partial charge in [-0.3, -0.25) is 0 Å². The molecular weight excluding hydrogens is 261 g/mol. The van der Waals surface area contributed by atoms with Crippen LogP contribution in [0.5, 0.6) is 5.75 Å². The molecule has 82 valence electrons. The van der Waals surface area contributed by atoms with Crippen molar-refractivity contribution in [2.45, 2.75) is 25.8 Å². The third kappa shape index (κ3) is 1.56. The Kier molecular flexibility index (Phi) is 2.32. The molecule has 0 aromatic heterocycles. The molecule has 0 spiro atoms. The van der Waals surface area contributed by atoms with Crippen LogP contribution in [-0.2, 0) is 0 Å². The zero-order valence-corrected chi connectivity index (χ0v) is 10.2. The molecule has 2 nitrogen and oxygen atoms in total. The van der Waals surface area contributed by atoms with Crippen molar-refractivity contribution in [3.8, 4) is 5.75 Å². The van der Waals surface area contributed by atoms with Crippen LogP contribution in [0.1, 0.15) is 25.3 Å². The zero-order chi connectivity index (χ0) is 11.4. The van der Waals surface area contributed by atoms with Crippen molar-refractivity contribution in [1.29, 1.82) is 0 Å². The highest BCUT2D eigenvalue weighted by Gasteiger charge is 2.57. The van der Waals surface area contributed by atoms with Gasteiger partial charge in [0, 0.05) is 22.0 Å². The van der Waals surface area contributed by atoms with E-state index in [2.05, 4.69) is 15.9 Å². The standard InChI is InChI=1S/C11H13BrFNO/c1-11(2)8(10(11)14)6-3-5(12)4-7(13)9(6)15/h3-4,8,10,15H,14H2,1-2H3/t8-,10-/m1/s1. The summed E-state index contributed by atoms with van der Waals surface area (Å²) in [7, 11) is 0. The Morgan fingerprint density at radius 3 is 2.47 bits per heavy atom. The number of rotatable bonds is 1. The SMILES string of the molecule is CC1(C)[C@H](N)[C@H]1c1cc(Br)cc(F)c1O. The van der Waals surface area contributed by atoms with Crippen molar-refractivity contribution in [3.63, 3.8) is 0 Å². The molecule has 1 fully saturated rings. The Morgan fingerprint density at radius 2 is 2.00 bits per heavy atom. The second kappa shape index (κ2) is 3.19. The lowest BCUT2D eigenvalue weighted by atomic mass is 10.0. The number of aromatic hydroxyl groups is 1. The van der Waals surface area contributed by atoms with E-state index in [4.69, 9.17) is 5.73 Å². The minimum absolute atomic E-state index is 0.0166. The van der Waals surface area contributed by atoms with Crippen LogP contribution >= 0.6 is 15.9 Å². The fraction of sp³-hybridized carbons (Fsp3) is 0.455. The van der Waals surface area contributed by atoms with Crippen LogP contribution < -0.4 is 5.73 Å². The maximum atomic E-state index is 13.3. The maximum Gasteiger partial charge on any atom is 0.166 e. The highest BCUT2D eigenvalue weighted by Crippen LogP contribution is 2.59. The van der Waals surface area contributed by atoms with Crippen LogP contribution in [0.15, 0.2) is 16.6 Å². The lowest BCUT2D eigenvalue weighted by molar-refractivity contribution is 0.423. The third-order valence-electron chi connectivity index (χ3n) is 3.30. The molecule has 1 aliphatic carbocycles. The van der Waals surface area contributed by atoms with Gasteiger partial charge in [-0.25, -0.2) is 4.39 Å². The average Bonchev–Trinajstić information content (AvgIpc) is 2.60. The van der Waals surface area contributed by atoms with Crippen molar-refractivity contribution in [2.75, 3.05) is 0 Å². The molecule has 0 unspecified atom stereocenters. The lowest BCUT2D eigenvalue weighted by Crippen LogP contribution is -2.06. The van der Waals surface area contributed by atoms with Crippen LogP contribution in [0.25, 0.3) is 0 Å². The van der Waals surface area contributed by atoms with Gasteiger partial charge in [0.2, 0.25) is 0 Å². The van der Waals surface area contributed by atoms with Crippen molar-refractivity contribution >= 4 is 15.9 Å². The van der Waals surface area contributed by atoms with Crippen molar-refractivity contribution < 1.29 is 9.50 Å². The molecule has 15 heavy (non-hydrogen) atoms. The summed E-state index contributed by atoms with van der Waals surface area (Å²) in [5.41, 5.74) is 6.43. The molecule has 2 atom stereocenters. The van der Waals surface area contributed by atoms with Gasteiger partial charge in [0.05, 0.1) is 0 Å². The van der Waals surface area contributed by atoms with Gasteiger partial charge >= 0.3 is 0 Å². The number of hydrogen-bond donors (Lipinski definition) is 2. The van der Waals surface area contributed by atoms with Crippen LogP contribution in [0.4, 0.5) is 4.39 Å². The van der Waals surface area contributed by atoms with Gasteiger partial charge in [-0.15, -0.1) is 0 Å². The molecule has 4 heteroatoms. The summed E-state index contributed by atoms with van der Waals surface area (Å²) in [5.74, 6) is -0.844. The molecule has 1 aromatic rings. The molecule has 1 aliphatic rings. The molecule has 1 saturated carbocycles. The fourth-order valence-corrected chi connectivity index (χ4v) is 2.54. The monoisotopic (exact) mass is 273 g/mol. The Balaban J connectivity index is 2.47. The summed E-state index contributed by atoms with van der Waals surface area (Å²) in [4.78, 5) is 0. The van der Waals surface area contributed by atoms with E-state index in [1.165, 1.54) is 6.07 Å². The Hall–Kier alpha value is -0.610. The first-order valence-corrected chi connectivity index (χ1v) is 5.58. The van der Waals surface area contributed by atoms with Gasteiger partial charge in [0.25, 0.3) is 0 Å². The second-order valence-electron chi connectivity index (χ2n) is 4.65. The summed E-state index contributed by atoms with van der Waals surface area (Å²) >= 11 is 3.21. The number of hydrogen-bond acceptors (Lipinski definition) is 2. The molecule has 0 saturated heterocycles. The van der Waals surface area contributed by atoms with Crippen LogP contribution in [0.2, 0.25) is 0 Å². The van der Waals surface area contributed by atoms with Crippen LogP contribution in [0.3, 0.4) is 0 Å². The molecule has 1 aromatic carbocycles. The number of halogens is 2. The predicted molar refractivity (Wildman–Crippen MR) is 60.3 cm³/mol. The summed E-state index contributed by atoms with van der Waals surface area (Å²) < 4.78 is 13.9. The van der Waals surface area contributed by atoms with E-state index in [0.29, 0.717) is 10.0 Å². The van der Waals surface area contributed by atoms with E-state index in [0.717, 1.165) is 0 Å². The molecule has 0 heterocycles. The zero-order valence-electron chi connectivity index (χ0n) is 8.59. The van der Waals surface area contributed by atoms with Gasteiger partial charge in [-0.1, -0.05) is 29.8 Å². The van der Waals surface area contributed by atoms with Crippen molar-refractivity contribution in [2.24, 2.45) is 11.1 Å². The first-order chi connectivity index (χ1) is 6.85. The Labute approximate surface area is 96.4 Å². The van der Waals surface area contributed by atoms with Gasteiger partial charge in [0.15, 0.2) is 11.6 Å². The summed E-state index contributed by atoms with van der Waals surface area (Å²) in [6, 6.07) is 2.97. The van der Waals surface area contributed by atoms with E-state index >= 15 is 0 Å². The van der Waals surface area contributed by atoms with Gasteiger partial charge in [-0.05, 0) is 17.5 Å². The lowest BCUT2D eigenvalue weighted by Gasteiger charge is -2.07. The van der Waals surface area contributed by atoms with E-state index in [1.54, 1.807) is 6.07 Å². The molecular formula is C11H13BrFNO. The average molecular weight is 274 g/mol. The molecule has 0 aliphatic heterocycles. The third-order valence-corrected chi connectivity index (χ3v) is 3.76. The van der Waals surface area contributed by atoms with Crippen LogP contribution in [0, 0.1) is 11.2 Å². The van der Waals surface area contributed by atoms with Crippen LogP contribution in [-0.4, -0.2) is 11.1 Å². The minimum Gasteiger partial charge on any atom is -0.505 e. The maximum absolute atomic E-state index is 13.3. The summed E-state index contributed by atoms with van der Waals surface area (Å²) in [6.45, 7) is 4.03. The molecule has 0 amide bonds. The normalized spacial score (nSPS) is 27.8. The highest BCUT2D eigenvalue weighted by atomic mass is 79.9. The minimum atomic E-state index is -0.603. The Morgan fingerprint density at radius 1 is 1.47 bits per heavy atom. The Bertz CT molecular complexity index is 419. The fourth-order valence-electron chi connectivity index (χ4n) is 2.09. The molecule has 0 bridgehead atoms. The number of benzene rings is 1. The topological polar surface area (TPSA) is 46.2 Å². The largest absolute Gasteiger partial charge is 0.505 e. The van der Waals surface area contributed by atoms with E-state index in [9.17, 15) is 9.50 Å². The van der Waals surface area contributed by atoms with Crippen molar-refractivity contribution in [3.05, 3.63) is 28.0 Å². The molecule has 0 radical (unpaired) electrons. The molecule has 3 N–H and O–H groups in total. The van der Waals surface area contributed by atoms with Gasteiger partial charge < -0.3 is 10.8 Å². The van der Waals surface area contributed by atoms with Gasteiger partial charge in [0.1, 0.15) is 0 Å². The van der Waals surface area contributed by atoms with E-state index in [-0.39, 0.29) is 23.1 Å². The van der Waals surface area contributed by atoms with Crippen molar-refractivity contribution in [1.82, 2.24) is 0 Å². The van der Waals surface area contributed by atoms with Gasteiger partial charge in [-0.2, -0.15) is 0 Å². The first-order valence-electron chi connectivity index (χ1n) is 4.79. The summed E-state index contributed by atoms with van der Waals surface area (Å²) in [5, 5.41) is 9.63. The molecule has 2 rings (SSSR count). The predicted octanol–water partition coefficient (Wildman–Crippen LogP) is 2.74. The number of phenolic OH excluding ortho intramolecular Hbond substituents is 1. The first kappa shape index (κ1) is 10.9. The highest BCUT2D eigenvalue weighted by molar-refractivity contribution is 9.10. The number of phenols is 1. The summed E-state index contributed by atoms with van der Waals surface area (Å²) in [6.07, 6.45) is 0. The van der Waals surface area contributed by atoms with E-state index in [1.807, 2.05) is 13.8 Å². The second-order valence-corrected chi connectivity index (χ2v) is 5.57. The quantitative estimate of drug-likeness (QED) is 0.827.